The minimum atomic E-state index is -2.25. The van der Waals surface area contributed by atoms with Crippen LogP contribution in [0.4, 0.5) is 17.6 Å². The van der Waals surface area contributed by atoms with Crippen LogP contribution < -0.4 is 0 Å². The summed E-state index contributed by atoms with van der Waals surface area (Å²) in [6.45, 7) is 4.24. The van der Waals surface area contributed by atoms with Crippen molar-refractivity contribution in [3.63, 3.8) is 0 Å². The summed E-state index contributed by atoms with van der Waals surface area (Å²) >= 11 is -2.48. The molecule has 0 aliphatic heterocycles. The third kappa shape index (κ3) is 9.77. The molecule has 0 bridgehead atoms. The van der Waals surface area contributed by atoms with Crippen molar-refractivity contribution < 1.29 is 36.7 Å². The van der Waals surface area contributed by atoms with E-state index in [0.717, 1.165) is 70.6 Å². The highest BCUT2D eigenvalue weighted by Gasteiger charge is 2.34. The Balaban J connectivity index is 2.88. The minimum Gasteiger partial charge on any atom is -0.611 e. The minimum absolute atomic E-state index is 0.0519. The van der Waals surface area contributed by atoms with Crippen LogP contribution in [0.15, 0.2) is 9.79 Å². The topological polar surface area (TPSA) is 61.8 Å². The van der Waals surface area contributed by atoms with E-state index in [0.29, 0.717) is 0 Å². The molecule has 1 aromatic carbocycles. The van der Waals surface area contributed by atoms with Crippen LogP contribution in [0.3, 0.4) is 0 Å². The van der Waals surface area contributed by atoms with Crippen LogP contribution in [-0.4, -0.2) is 15.6 Å². The predicted molar refractivity (Wildman–Crippen MR) is 118 cm³/mol. The molecule has 0 aliphatic rings. The van der Waals surface area contributed by atoms with Crippen LogP contribution in [0.2, 0.25) is 0 Å². The van der Waals surface area contributed by atoms with Gasteiger partial charge in [0.1, 0.15) is 10.6 Å². The van der Waals surface area contributed by atoms with Crippen molar-refractivity contribution >= 4 is 23.2 Å². The van der Waals surface area contributed by atoms with Gasteiger partial charge in [-0.1, -0.05) is 83.1 Å². The van der Waals surface area contributed by atoms with Crippen molar-refractivity contribution in [1.29, 1.82) is 0 Å². The van der Waals surface area contributed by atoms with Gasteiger partial charge in [-0.25, -0.2) is 14.0 Å². The highest BCUT2D eigenvalue weighted by Crippen LogP contribution is 2.35. The van der Waals surface area contributed by atoms with E-state index in [4.69, 9.17) is 5.26 Å². The van der Waals surface area contributed by atoms with Crippen molar-refractivity contribution in [2.45, 2.75) is 101 Å². The second-order valence-corrected chi connectivity index (χ2v) is 10.1. The van der Waals surface area contributed by atoms with Crippen molar-refractivity contribution in [2.75, 3.05) is 5.75 Å². The average Bonchev–Trinajstić information content (AvgIpc) is 2.77. The summed E-state index contributed by atoms with van der Waals surface area (Å²) in [5.74, 6) is -7.05. The summed E-state index contributed by atoms with van der Waals surface area (Å²) in [5, 5.41) is 11.3. The van der Waals surface area contributed by atoms with Crippen LogP contribution in [0.1, 0.15) is 90.9 Å². The zero-order valence-corrected chi connectivity index (χ0v) is 20.4. The summed E-state index contributed by atoms with van der Waals surface area (Å²) in [6.07, 6.45) is 12.1. The van der Waals surface area contributed by atoms with Gasteiger partial charge in [0.2, 0.25) is 16.5 Å². The maximum atomic E-state index is 14.5. The van der Waals surface area contributed by atoms with Gasteiger partial charge in [0.25, 0.3) is 0 Å². The number of hydrogen-bond acceptors (Lipinski definition) is 5. The van der Waals surface area contributed by atoms with E-state index in [2.05, 4.69) is 23.2 Å². The molecule has 1 aromatic rings. The monoisotopic (exact) mass is 502 g/mol. The van der Waals surface area contributed by atoms with E-state index in [1.807, 2.05) is 0 Å². The maximum Gasteiger partial charge on any atom is 0.230 e. The van der Waals surface area contributed by atoms with Crippen LogP contribution in [-0.2, 0) is 20.5 Å². The Morgan fingerprint density at radius 2 is 1.28 bits per heavy atom. The molecule has 0 heterocycles. The van der Waals surface area contributed by atoms with E-state index < -0.39 is 44.2 Å². The lowest BCUT2D eigenvalue weighted by Crippen LogP contribution is -2.21. The van der Waals surface area contributed by atoms with Gasteiger partial charge < -0.3 is 4.55 Å². The molecule has 1 N–H and O–H groups in total. The van der Waals surface area contributed by atoms with E-state index in [9.17, 15) is 22.1 Å². The lowest BCUT2D eigenvalue weighted by molar-refractivity contribution is -0.432. The van der Waals surface area contributed by atoms with Gasteiger partial charge in [0.15, 0.2) is 11.6 Å². The molecule has 0 amide bonds. The normalized spacial score (nSPS) is 13.5. The first-order valence-electron chi connectivity index (χ1n) is 11.3. The summed E-state index contributed by atoms with van der Waals surface area (Å²) < 4.78 is 74.0. The fourth-order valence-corrected chi connectivity index (χ4v) is 5.53. The van der Waals surface area contributed by atoms with Crippen molar-refractivity contribution in [1.82, 2.24) is 0 Å². The fraction of sp³-hybridized carbons (Fsp3) is 0.727. The quantitative estimate of drug-likeness (QED) is 0.0418. The molecule has 4 nitrogen and oxygen atoms in total. The van der Waals surface area contributed by atoms with Gasteiger partial charge in [-0.15, -0.1) is 4.33 Å². The molecule has 2 unspecified atom stereocenters. The Labute approximate surface area is 195 Å². The molecule has 0 radical (unpaired) electrons. The first kappa shape index (κ1) is 29.5. The number of hydrogen-bond donors (Lipinski definition) is 1. The SMILES string of the molecule is CCCCCCCCC(CCCCCC)C[S+]([O-])c1c(F)c(F)c(SOOO)c(F)c1F. The Morgan fingerprint density at radius 3 is 1.78 bits per heavy atom. The molecule has 186 valence electrons. The fourth-order valence-electron chi connectivity index (χ4n) is 3.60. The Kier molecular flexibility index (Phi) is 15.7. The van der Waals surface area contributed by atoms with E-state index in [-0.39, 0.29) is 23.7 Å². The molecule has 2 atom stereocenters. The van der Waals surface area contributed by atoms with Crippen LogP contribution in [0.5, 0.6) is 0 Å². The molecule has 0 saturated heterocycles. The molecule has 0 spiro atoms. The Bertz CT molecular complexity index is 638. The third-order valence-electron chi connectivity index (χ3n) is 5.38. The number of halogens is 4. The van der Waals surface area contributed by atoms with Gasteiger partial charge >= 0.3 is 0 Å². The number of unbranched alkanes of at least 4 members (excludes halogenated alkanes) is 8. The standard InChI is InChI=1S/C22H34F4O4S2/c1-3-5-7-9-10-12-14-16(13-11-8-6-4-2)15-32(28)22-19(25)17(23)21(31-30-29-27)18(24)20(22)26/h16,27H,3-15H2,1-2H3. The zero-order chi connectivity index (χ0) is 23.9. The van der Waals surface area contributed by atoms with Gasteiger partial charge in [-0.2, -0.15) is 8.78 Å². The predicted octanol–water partition coefficient (Wildman–Crippen LogP) is 8.12. The van der Waals surface area contributed by atoms with Crippen molar-refractivity contribution in [2.24, 2.45) is 5.92 Å². The van der Waals surface area contributed by atoms with E-state index in [1.54, 1.807) is 0 Å². The second-order valence-electron chi connectivity index (χ2n) is 7.92. The molecule has 0 aliphatic carbocycles. The summed E-state index contributed by atoms with van der Waals surface area (Å²) in [5.41, 5.74) is 0. The molecule has 10 heteroatoms. The van der Waals surface area contributed by atoms with Crippen molar-refractivity contribution in [3.05, 3.63) is 23.3 Å². The molecular formula is C22H34F4O4S2. The summed E-state index contributed by atoms with van der Waals surface area (Å²) in [7, 11) is 0. The Morgan fingerprint density at radius 1 is 0.812 bits per heavy atom. The number of benzene rings is 1. The van der Waals surface area contributed by atoms with E-state index in [1.165, 1.54) is 6.42 Å². The first-order chi connectivity index (χ1) is 15.4. The van der Waals surface area contributed by atoms with Gasteiger partial charge in [-0.3, -0.25) is 0 Å². The molecule has 32 heavy (non-hydrogen) atoms. The average molecular weight is 503 g/mol. The molecular weight excluding hydrogens is 468 g/mol. The summed E-state index contributed by atoms with van der Waals surface area (Å²) in [6, 6.07) is 0. The third-order valence-corrected chi connectivity index (χ3v) is 7.62. The van der Waals surface area contributed by atoms with Crippen LogP contribution in [0.25, 0.3) is 0 Å². The maximum absolute atomic E-state index is 14.5. The zero-order valence-electron chi connectivity index (χ0n) is 18.8. The van der Waals surface area contributed by atoms with Gasteiger partial charge in [0.05, 0.1) is 12.0 Å². The molecule has 1 rings (SSSR count). The Hall–Kier alpha value is -0.520. The van der Waals surface area contributed by atoms with E-state index >= 15 is 0 Å². The lowest BCUT2D eigenvalue weighted by Gasteiger charge is -2.20. The van der Waals surface area contributed by atoms with Crippen LogP contribution in [0, 0.1) is 29.2 Å². The lowest BCUT2D eigenvalue weighted by atomic mass is 9.96. The first-order valence-corrected chi connectivity index (χ1v) is 13.3. The van der Waals surface area contributed by atoms with Gasteiger partial charge in [-0.05, 0) is 24.0 Å². The molecule has 0 aromatic heterocycles. The van der Waals surface area contributed by atoms with Crippen molar-refractivity contribution in [3.8, 4) is 0 Å². The second kappa shape index (κ2) is 17.0. The van der Waals surface area contributed by atoms with Crippen LogP contribution >= 0.6 is 12.0 Å². The number of rotatable bonds is 18. The largest absolute Gasteiger partial charge is 0.611 e. The highest BCUT2D eigenvalue weighted by molar-refractivity contribution is 7.94. The highest BCUT2D eigenvalue weighted by atomic mass is 32.2. The smallest absolute Gasteiger partial charge is 0.230 e. The van der Waals surface area contributed by atoms with Gasteiger partial charge in [0, 0.05) is 5.92 Å². The molecule has 0 saturated carbocycles. The molecule has 0 fully saturated rings. The summed E-state index contributed by atoms with van der Waals surface area (Å²) in [4.78, 5) is -2.27.